The van der Waals surface area contributed by atoms with Crippen LogP contribution >= 0.6 is 11.8 Å². The van der Waals surface area contributed by atoms with Crippen molar-refractivity contribution < 1.29 is 14.6 Å². The predicted molar refractivity (Wildman–Crippen MR) is 104 cm³/mol. The number of aromatic nitrogens is 1. The van der Waals surface area contributed by atoms with Crippen LogP contribution in [0.2, 0.25) is 0 Å². The highest BCUT2D eigenvalue weighted by molar-refractivity contribution is 7.99. The standard InChI is InChI=1S/C20H24N2O3S/c1-13(2)26-19-5-3-4-16(22-19)14-6-8-17-15(12-14)7-9-18(25-17)21-11-10-20(23)24/h3-6,8,12-13,18,21H,7,9-11H2,1-2H3,(H,23,24). The zero-order valence-corrected chi connectivity index (χ0v) is 15.9. The summed E-state index contributed by atoms with van der Waals surface area (Å²) < 4.78 is 5.95. The fraction of sp³-hybridized carbons (Fsp3) is 0.400. The molecule has 1 aliphatic rings. The van der Waals surface area contributed by atoms with Gasteiger partial charge in [0.05, 0.1) is 17.1 Å². The van der Waals surface area contributed by atoms with Crippen molar-refractivity contribution in [3.05, 3.63) is 42.0 Å². The first-order chi connectivity index (χ1) is 12.5. The summed E-state index contributed by atoms with van der Waals surface area (Å²) in [6, 6.07) is 12.3. The van der Waals surface area contributed by atoms with Crippen molar-refractivity contribution in [2.24, 2.45) is 0 Å². The summed E-state index contributed by atoms with van der Waals surface area (Å²) in [5.74, 6) is 0.0595. The maximum absolute atomic E-state index is 10.6. The largest absolute Gasteiger partial charge is 0.481 e. The number of hydrogen-bond donors (Lipinski definition) is 2. The molecule has 0 radical (unpaired) electrons. The van der Waals surface area contributed by atoms with Gasteiger partial charge in [-0.3, -0.25) is 10.1 Å². The van der Waals surface area contributed by atoms with Crippen LogP contribution in [0.15, 0.2) is 41.4 Å². The van der Waals surface area contributed by atoms with Gasteiger partial charge in [0.25, 0.3) is 0 Å². The molecule has 2 aromatic rings. The van der Waals surface area contributed by atoms with Crippen LogP contribution in [0.5, 0.6) is 5.75 Å². The average Bonchev–Trinajstić information content (AvgIpc) is 2.60. The lowest BCUT2D eigenvalue weighted by molar-refractivity contribution is -0.137. The molecular formula is C20H24N2O3S. The number of fused-ring (bicyclic) bond motifs is 1. The summed E-state index contributed by atoms with van der Waals surface area (Å²) >= 11 is 1.76. The highest BCUT2D eigenvalue weighted by Crippen LogP contribution is 2.32. The SMILES string of the molecule is CC(C)Sc1cccc(-c2ccc3c(c2)CCC(NCCC(=O)O)O3)n1. The van der Waals surface area contributed by atoms with Gasteiger partial charge in [0.1, 0.15) is 5.75 Å². The molecule has 2 heterocycles. The first-order valence-electron chi connectivity index (χ1n) is 8.90. The van der Waals surface area contributed by atoms with E-state index in [1.54, 1.807) is 11.8 Å². The molecular weight excluding hydrogens is 348 g/mol. The van der Waals surface area contributed by atoms with Crippen LogP contribution < -0.4 is 10.1 Å². The number of nitrogens with zero attached hydrogens (tertiary/aromatic N) is 1. The zero-order valence-electron chi connectivity index (χ0n) is 15.1. The van der Waals surface area contributed by atoms with Crippen LogP contribution in [0.25, 0.3) is 11.3 Å². The molecule has 3 rings (SSSR count). The average molecular weight is 372 g/mol. The second-order valence-electron chi connectivity index (χ2n) is 6.59. The number of ether oxygens (including phenoxy) is 1. The molecule has 0 fully saturated rings. The Labute approximate surface area is 158 Å². The molecule has 0 amide bonds. The molecule has 26 heavy (non-hydrogen) atoms. The van der Waals surface area contributed by atoms with Crippen LogP contribution in [0.4, 0.5) is 0 Å². The highest BCUT2D eigenvalue weighted by Gasteiger charge is 2.20. The Morgan fingerprint density at radius 2 is 2.23 bits per heavy atom. The quantitative estimate of drug-likeness (QED) is 0.717. The van der Waals surface area contributed by atoms with E-state index in [2.05, 4.69) is 25.2 Å². The summed E-state index contributed by atoms with van der Waals surface area (Å²) in [5.41, 5.74) is 3.23. The van der Waals surface area contributed by atoms with Gasteiger partial charge in [0.2, 0.25) is 0 Å². The number of aliphatic carboxylic acids is 1. The van der Waals surface area contributed by atoms with Gasteiger partial charge < -0.3 is 9.84 Å². The Kier molecular flexibility index (Phi) is 6.16. The summed E-state index contributed by atoms with van der Waals surface area (Å²) in [5, 5.41) is 13.4. The molecule has 0 saturated heterocycles. The summed E-state index contributed by atoms with van der Waals surface area (Å²) in [6.07, 6.45) is 1.69. The van der Waals surface area contributed by atoms with Gasteiger partial charge >= 0.3 is 5.97 Å². The van der Waals surface area contributed by atoms with Gasteiger partial charge in [0.15, 0.2) is 6.23 Å². The van der Waals surface area contributed by atoms with E-state index >= 15 is 0 Å². The zero-order chi connectivity index (χ0) is 18.5. The van der Waals surface area contributed by atoms with Crippen molar-refractivity contribution in [3.63, 3.8) is 0 Å². The number of thioether (sulfide) groups is 1. The minimum absolute atomic E-state index is 0.0993. The fourth-order valence-corrected chi connectivity index (χ4v) is 3.71. The van der Waals surface area contributed by atoms with Crippen LogP contribution in [0.3, 0.4) is 0 Å². The topological polar surface area (TPSA) is 71.5 Å². The number of carboxylic acid groups (broad SMARTS) is 1. The molecule has 5 nitrogen and oxygen atoms in total. The molecule has 1 aromatic heterocycles. The Morgan fingerprint density at radius 1 is 1.38 bits per heavy atom. The lowest BCUT2D eigenvalue weighted by atomic mass is 10.0. The van der Waals surface area contributed by atoms with Gasteiger partial charge in [-0.25, -0.2) is 4.98 Å². The molecule has 1 aromatic carbocycles. The van der Waals surface area contributed by atoms with Crippen molar-refractivity contribution in [2.75, 3.05) is 6.54 Å². The molecule has 0 spiro atoms. The van der Waals surface area contributed by atoms with E-state index in [-0.39, 0.29) is 12.6 Å². The number of carboxylic acids is 1. The van der Waals surface area contributed by atoms with Crippen molar-refractivity contribution >= 4 is 17.7 Å². The van der Waals surface area contributed by atoms with Gasteiger partial charge in [0, 0.05) is 23.8 Å². The lowest BCUT2D eigenvalue weighted by Gasteiger charge is -2.27. The Hall–Kier alpha value is -2.05. The number of carbonyl (C=O) groups is 1. The van der Waals surface area contributed by atoms with E-state index < -0.39 is 5.97 Å². The van der Waals surface area contributed by atoms with Crippen molar-refractivity contribution in [3.8, 4) is 17.0 Å². The molecule has 2 N–H and O–H groups in total. The molecule has 1 atom stereocenters. The summed E-state index contributed by atoms with van der Waals surface area (Å²) in [6.45, 7) is 4.74. The van der Waals surface area contributed by atoms with E-state index in [0.717, 1.165) is 34.9 Å². The Balaban J connectivity index is 1.69. The van der Waals surface area contributed by atoms with E-state index in [1.807, 2.05) is 30.3 Å². The van der Waals surface area contributed by atoms with Crippen LogP contribution in [-0.4, -0.2) is 34.1 Å². The van der Waals surface area contributed by atoms with Crippen LogP contribution in [0, 0.1) is 0 Å². The minimum Gasteiger partial charge on any atom is -0.481 e. The molecule has 1 unspecified atom stereocenters. The van der Waals surface area contributed by atoms with Crippen LogP contribution in [0.1, 0.15) is 32.3 Å². The second kappa shape index (κ2) is 8.56. The molecule has 0 aliphatic carbocycles. The molecule has 6 heteroatoms. The first kappa shape index (κ1) is 18.7. The number of aryl methyl sites for hydroxylation is 1. The smallest absolute Gasteiger partial charge is 0.304 e. The Bertz CT molecular complexity index is 779. The van der Waals surface area contributed by atoms with E-state index in [9.17, 15) is 4.79 Å². The number of pyridine rings is 1. The van der Waals surface area contributed by atoms with Crippen molar-refractivity contribution in [1.82, 2.24) is 10.3 Å². The summed E-state index contributed by atoms with van der Waals surface area (Å²) in [4.78, 5) is 15.4. The molecule has 0 bridgehead atoms. The number of benzene rings is 1. The van der Waals surface area contributed by atoms with Gasteiger partial charge in [-0.05, 0) is 42.3 Å². The number of hydrogen-bond acceptors (Lipinski definition) is 5. The predicted octanol–water partition coefficient (Wildman–Crippen LogP) is 3.96. The van der Waals surface area contributed by atoms with Crippen LogP contribution in [-0.2, 0) is 11.2 Å². The van der Waals surface area contributed by atoms with Gasteiger partial charge in [-0.15, -0.1) is 11.8 Å². The molecule has 1 aliphatic heterocycles. The second-order valence-corrected chi connectivity index (χ2v) is 8.19. The summed E-state index contributed by atoms with van der Waals surface area (Å²) in [7, 11) is 0. The van der Waals surface area contributed by atoms with Crippen molar-refractivity contribution in [1.29, 1.82) is 0 Å². The van der Waals surface area contributed by atoms with E-state index in [1.165, 1.54) is 5.56 Å². The molecule has 138 valence electrons. The normalized spacial score (nSPS) is 16.2. The lowest BCUT2D eigenvalue weighted by Crippen LogP contribution is -2.38. The monoisotopic (exact) mass is 372 g/mol. The third-order valence-corrected chi connectivity index (χ3v) is 5.03. The maximum Gasteiger partial charge on any atom is 0.304 e. The molecule has 0 saturated carbocycles. The first-order valence-corrected chi connectivity index (χ1v) is 9.78. The maximum atomic E-state index is 10.6. The highest BCUT2D eigenvalue weighted by atomic mass is 32.2. The third-order valence-electron chi connectivity index (χ3n) is 4.09. The van der Waals surface area contributed by atoms with E-state index in [0.29, 0.717) is 11.8 Å². The number of nitrogens with one attached hydrogen (secondary N) is 1. The van der Waals surface area contributed by atoms with Crippen molar-refractivity contribution in [2.45, 2.75) is 49.6 Å². The fourth-order valence-electron chi connectivity index (χ4n) is 2.91. The van der Waals surface area contributed by atoms with E-state index in [4.69, 9.17) is 14.8 Å². The van der Waals surface area contributed by atoms with Gasteiger partial charge in [-0.1, -0.05) is 19.9 Å². The minimum atomic E-state index is -0.802. The third kappa shape index (κ3) is 4.99. The van der Waals surface area contributed by atoms with Gasteiger partial charge in [-0.2, -0.15) is 0 Å². The Morgan fingerprint density at radius 3 is 3.00 bits per heavy atom. The number of rotatable bonds is 7.